The standard InChI is InChI=1S/C22H26F2N6O5/c1-12(21(32)30-9-14(31)10-30)26-6-13(5-25)29-22-27-7-15(8-28-22)35-11-16-19(23)17(33-2)4-18(34-3)20(16)24/h4-8,12,14,31H,9-11,25H2,1-3H3,(H,27,28,29)/b13-5+,26-6?. The minimum atomic E-state index is -0.903. The molecular formula is C22H26F2N6O5. The highest BCUT2D eigenvalue weighted by molar-refractivity contribution is 5.87. The summed E-state index contributed by atoms with van der Waals surface area (Å²) in [5.41, 5.74) is 5.56. The minimum absolute atomic E-state index is 0.144. The third kappa shape index (κ3) is 6.12. The van der Waals surface area contributed by atoms with Gasteiger partial charge in [-0.2, -0.15) is 0 Å². The lowest BCUT2D eigenvalue weighted by atomic mass is 10.1. The molecule has 0 spiro atoms. The molecule has 1 aromatic carbocycles. The van der Waals surface area contributed by atoms with Crippen molar-refractivity contribution >= 4 is 18.1 Å². The van der Waals surface area contributed by atoms with Crippen molar-refractivity contribution in [3.63, 3.8) is 0 Å². The molecular weight excluding hydrogens is 466 g/mol. The zero-order valence-electron chi connectivity index (χ0n) is 19.4. The number of hydrogen-bond acceptors (Lipinski definition) is 10. The summed E-state index contributed by atoms with van der Waals surface area (Å²) >= 11 is 0. The molecule has 1 aliphatic rings. The van der Waals surface area contributed by atoms with Crippen molar-refractivity contribution in [3.05, 3.63) is 47.6 Å². The van der Waals surface area contributed by atoms with Crippen molar-refractivity contribution in [3.8, 4) is 17.2 Å². The maximum absolute atomic E-state index is 14.5. The van der Waals surface area contributed by atoms with Gasteiger partial charge in [-0.15, -0.1) is 0 Å². The van der Waals surface area contributed by atoms with Crippen LogP contribution in [0.2, 0.25) is 0 Å². The zero-order valence-corrected chi connectivity index (χ0v) is 19.4. The number of hydrogen-bond donors (Lipinski definition) is 3. The lowest BCUT2D eigenvalue weighted by Gasteiger charge is -2.36. The molecule has 0 radical (unpaired) electrons. The summed E-state index contributed by atoms with van der Waals surface area (Å²) in [5, 5.41) is 12.1. The van der Waals surface area contributed by atoms with Crippen LogP contribution in [0, 0.1) is 11.6 Å². The first-order valence-electron chi connectivity index (χ1n) is 10.5. The molecule has 1 fully saturated rings. The van der Waals surface area contributed by atoms with E-state index in [4.69, 9.17) is 19.9 Å². The Labute approximate surface area is 200 Å². The number of ether oxygens (including phenoxy) is 3. The maximum atomic E-state index is 14.5. The van der Waals surface area contributed by atoms with E-state index in [2.05, 4.69) is 20.3 Å². The van der Waals surface area contributed by atoms with Crippen LogP contribution in [0.25, 0.3) is 0 Å². The summed E-state index contributed by atoms with van der Waals surface area (Å²) in [6.45, 7) is 1.76. The molecule has 188 valence electrons. The number of aliphatic hydroxyl groups excluding tert-OH is 1. The lowest BCUT2D eigenvalue weighted by Crippen LogP contribution is -2.55. The van der Waals surface area contributed by atoms with Crippen LogP contribution >= 0.6 is 0 Å². The topological polar surface area (TPSA) is 144 Å². The number of nitrogens with one attached hydrogen (secondary N) is 1. The molecule has 0 saturated carbocycles. The Balaban J connectivity index is 1.59. The highest BCUT2D eigenvalue weighted by atomic mass is 19.1. The number of β-amino-alcohol motifs (C(OH)–C–C–N with tert-alkyl or cyclic N) is 1. The van der Waals surface area contributed by atoms with Crippen LogP contribution in [0.5, 0.6) is 17.2 Å². The Morgan fingerprint density at radius 2 is 1.89 bits per heavy atom. The number of methoxy groups -OCH3 is 2. The number of amides is 1. The SMILES string of the molecule is COc1cc(OC)c(F)c(COc2cnc(N/C(C=NC(C)C(=O)N3CC(O)C3)=C/N)nc2)c1F. The number of nitrogens with zero attached hydrogens (tertiary/aromatic N) is 4. The van der Waals surface area contributed by atoms with E-state index in [9.17, 15) is 18.7 Å². The maximum Gasteiger partial charge on any atom is 0.247 e. The average Bonchev–Trinajstić information content (AvgIpc) is 2.84. The van der Waals surface area contributed by atoms with Gasteiger partial charge in [-0.3, -0.25) is 9.79 Å². The number of aromatic nitrogens is 2. The Kier molecular flexibility index (Phi) is 8.36. The molecule has 3 rings (SSSR count). The van der Waals surface area contributed by atoms with Crippen LogP contribution in [0.15, 0.2) is 35.3 Å². The van der Waals surface area contributed by atoms with E-state index in [0.29, 0.717) is 18.8 Å². The number of aliphatic imine (C=N–C) groups is 1. The van der Waals surface area contributed by atoms with Gasteiger partial charge in [0.25, 0.3) is 0 Å². The van der Waals surface area contributed by atoms with E-state index in [0.717, 1.165) is 6.07 Å². The second kappa shape index (κ2) is 11.4. The molecule has 0 bridgehead atoms. The summed E-state index contributed by atoms with van der Waals surface area (Å²) in [4.78, 5) is 26.0. The molecule has 11 nitrogen and oxygen atoms in total. The van der Waals surface area contributed by atoms with Crippen LogP contribution in [-0.2, 0) is 11.4 Å². The van der Waals surface area contributed by atoms with Crippen molar-refractivity contribution in [1.29, 1.82) is 0 Å². The van der Waals surface area contributed by atoms with E-state index in [1.165, 1.54) is 43.9 Å². The summed E-state index contributed by atoms with van der Waals surface area (Å²) in [5.74, 6) is -2.08. The number of anilines is 1. The molecule has 1 atom stereocenters. The molecule has 2 aromatic rings. The van der Waals surface area contributed by atoms with Gasteiger partial charge in [-0.1, -0.05) is 0 Å². The van der Waals surface area contributed by atoms with Crippen LogP contribution in [0.1, 0.15) is 12.5 Å². The van der Waals surface area contributed by atoms with Crippen LogP contribution in [-0.4, -0.2) is 71.6 Å². The van der Waals surface area contributed by atoms with Gasteiger partial charge < -0.3 is 35.3 Å². The summed E-state index contributed by atoms with van der Waals surface area (Å²) in [6, 6.07) is 0.447. The van der Waals surface area contributed by atoms with Gasteiger partial charge in [0.05, 0.1) is 44.0 Å². The Morgan fingerprint density at radius 3 is 2.40 bits per heavy atom. The van der Waals surface area contributed by atoms with Crippen molar-refractivity contribution < 1.29 is 32.9 Å². The highest BCUT2D eigenvalue weighted by Crippen LogP contribution is 2.31. The first kappa shape index (κ1) is 25.6. The molecule has 1 amide bonds. The van der Waals surface area contributed by atoms with Crippen molar-refractivity contribution in [2.45, 2.75) is 25.7 Å². The van der Waals surface area contributed by atoms with Gasteiger partial charge >= 0.3 is 0 Å². The predicted octanol–water partition coefficient (Wildman–Crippen LogP) is 1.23. The van der Waals surface area contributed by atoms with Gasteiger partial charge in [0, 0.05) is 31.6 Å². The fraction of sp³-hybridized carbons (Fsp3) is 0.364. The molecule has 4 N–H and O–H groups in total. The van der Waals surface area contributed by atoms with Gasteiger partial charge in [0.2, 0.25) is 11.9 Å². The average molecular weight is 492 g/mol. The minimum Gasteiger partial charge on any atom is -0.494 e. The number of nitrogens with two attached hydrogens (primary N) is 1. The molecule has 35 heavy (non-hydrogen) atoms. The number of allylic oxidation sites excluding steroid dienone is 1. The Bertz CT molecular complexity index is 1080. The number of rotatable bonds is 10. The van der Waals surface area contributed by atoms with Crippen molar-refractivity contribution in [2.24, 2.45) is 10.7 Å². The fourth-order valence-corrected chi connectivity index (χ4v) is 3.08. The molecule has 0 aliphatic carbocycles. The van der Waals surface area contributed by atoms with Crippen molar-refractivity contribution in [2.75, 3.05) is 32.6 Å². The van der Waals surface area contributed by atoms with Crippen LogP contribution in [0.3, 0.4) is 0 Å². The molecule has 2 heterocycles. The number of carbonyl (C=O) groups is 1. The molecule has 1 saturated heterocycles. The van der Waals surface area contributed by atoms with Gasteiger partial charge in [0.15, 0.2) is 28.9 Å². The Hall–Kier alpha value is -4.00. The first-order valence-corrected chi connectivity index (χ1v) is 10.5. The van der Waals surface area contributed by atoms with E-state index in [-0.39, 0.29) is 34.7 Å². The quantitative estimate of drug-likeness (QED) is 0.417. The zero-order chi connectivity index (χ0) is 25.5. The van der Waals surface area contributed by atoms with Crippen molar-refractivity contribution in [1.82, 2.24) is 14.9 Å². The monoisotopic (exact) mass is 492 g/mol. The highest BCUT2D eigenvalue weighted by Gasteiger charge is 2.31. The smallest absolute Gasteiger partial charge is 0.247 e. The number of carbonyl (C=O) groups excluding carboxylic acids is 1. The van der Waals surface area contributed by atoms with Gasteiger partial charge in [-0.25, -0.2) is 18.7 Å². The molecule has 13 heteroatoms. The summed E-state index contributed by atoms with van der Waals surface area (Å²) < 4.78 is 44.1. The summed E-state index contributed by atoms with van der Waals surface area (Å²) in [7, 11) is 2.51. The predicted molar refractivity (Wildman–Crippen MR) is 122 cm³/mol. The number of likely N-dealkylation sites (tertiary alicyclic amines) is 1. The third-order valence-electron chi connectivity index (χ3n) is 5.08. The normalized spacial score (nSPS) is 15.0. The molecule has 1 aliphatic heterocycles. The second-order valence-corrected chi connectivity index (χ2v) is 7.52. The van der Waals surface area contributed by atoms with Gasteiger partial charge in [0.1, 0.15) is 12.6 Å². The fourth-order valence-electron chi connectivity index (χ4n) is 3.08. The summed E-state index contributed by atoms with van der Waals surface area (Å²) in [6.07, 6.45) is 4.71. The molecule has 1 aromatic heterocycles. The van der Waals surface area contributed by atoms with Gasteiger partial charge in [-0.05, 0) is 6.92 Å². The van der Waals surface area contributed by atoms with Crippen LogP contribution in [0.4, 0.5) is 14.7 Å². The number of halogens is 2. The number of aliphatic hydroxyl groups is 1. The van der Waals surface area contributed by atoms with E-state index >= 15 is 0 Å². The third-order valence-corrected chi connectivity index (χ3v) is 5.08. The van der Waals surface area contributed by atoms with E-state index in [1.54, 1.807) is 6.92 Å². The van der Waals surface area contributed by atoms with E-state index in [1.807, 2.05) is 0 Å². The number of benzene rings is 1. The van der Waals surface area contributed by atoms with E-state index < -0.39 is 30.4 Å². The second-order valence-electron chi connectivity index (χ2n) is 7.52. The molecule has 1 unspecified atom stereocenters. The Morgan fingerprint density at radius 1 is 1.29 bits per heavy atom. The lowest BCUT2D eigenvalue weighted by molar-refractivity contribution is -0.142. The first-order chi connectivity index (χ1) is 16.8. The van der Waals surface area contributed by atoms with Crippen LogP contribution < -0.4 is 25.3 Å². The largest absolute Gasteiger partial charge is 0.494 e.